The van der Waals surface area contributed by atoms with E-state index in [1.165, 1.54) is 5.56 Å². The number of nitrogens with two attached hydrogens (primary N) is 1. The maximum absolute atomic E-state index is 13.2. The fourth-order valence-corrected chi connectivity index (χ4v) is 4.61. The zero-order valence-electron chi connectivity index (χ0n) is 17.2. The van der Waals surface area contributed by atoms with E-state index in [1.807, 2.05) is 42.5 Å². The summed E-state index contributed by atoms with van der Waals surface area (Å²) in [6.07, 6.45) is 5.27. The Bertz CT molecular complexity index is 1490. The van der Waals surface area contributed by atoms with E-state index in [4.69, 9.17) is 15.1 Å². The van der Waals surface area contributed by atoms with Crippen LogP contribution in [0.3, 0.4) is 0 Å². The first kappa shape index (κ1) is 18.5. The highest BCUT2D eigenvalue weighted by Gasteiger charge is 2.29. The van der Waals surface area contributed by atoms with Crippen molar-refractivity contribution >= 4 is 22.6 Å². The molecule has 0 aliphatic heterocycles. The third-order valence-corrected chi connectivity index (χ3v) is 6.11. The van der Waals surface area contributed by atoms with E-state index in [2.05, 4.69) is 17.1 Å². The molecule has 0 saturated carbocycles. The van der Waals surface area contributed by atoms with Gasteiger partial charge in [-0.3, -0.25) is 9.78 Å². The van der Waals surface area contributed by atoms with E-state index in [0.29, 0.717) is 22.4 Å². The molecular weight excluding hydrogens is 398 g/mol. The number of carbonyl (C=O) groups excluding carboxylic acids is 1. The Kier molecular flexibility index (Phi) is 4.15. The van der Waals surface area contributed by atoms with E-state index < -0.39 is 0 Å². The van der Waals surface area contributed by atoms with Crippen LogP contribution < -0.4 is 5.73 Å². The number of furan rings is 1. The van der Waals surface area contributed by atoms with Gasteiger partial charge < -0.3 is 10.2 Å². The minimum absolute atomic E-state index is 0.129. The van der Waals surface area contributed by atoms with E-state index in [-0.39, 0.29) is 11.5 Å². The van der Waals surface area contributed by atoms with Gasteiger partial charge in [0.2, 0.25) is 17.3 Å². The second-order valence-corrected chi connectivity index (χ2v) is 7.93. The molecule has 32 heavy (non-hydrogen) atoms. The van der Waals surface area contributed by atoms with Crippen molar-refractivity contribution in [2.45, 2.75) is 12.8 Å². The molecule has 0 saturated heterocycles. The quantitative estimate of drug-likeness (QED) is 0.394. The van der Waals surface area contributed by atoms with E-state index in [1.54, 1.807) is 24.5 Å². The average molecular weight is 417 g/mol. The number of aromatic nitrogens is 2. The Labute approximate surface area is 184 Å². The molecule has 0 atom stereocenters. The molecule has 0 bridgehead atoms. The van der Waals surface area contributed by atoms with Crippen molar-refractivity contribution < 1.29 is 9.21 Å². The summed E-state index contributed by atoms with van der Waals surface area (Å²) in [6, 6.07) is 21.2. The lowest BCUT2D eigenvalue weighted by molar-refractivity contribution is 0.101. The Morgan fingerprint density at radius 3 is 2.47 bits per heavy atom. The highest BCUT2D eigenvalue weighted by molar-refractivity contribution is 6.17. The van der Waals surface area contributed by atoms with Crippen LogP contribution in [-0.4, -0.2) is 15.8 Å². The second kappa shape index (κ2) is 7.17. The Morgan fingerprint density at radius 1 is 0.906 bits per heavy atom. The molecule has 0 unspecified atom stereocenters. The summed E-state index contributed by atoms with van der Waals surface area (Å²) < 4.78 is 6.06. The molecule has 2 N–H and O–H groups in total. The van der Waals surface area contributed by atoms with Crippen molar-refractivity contribution in [2.24, 2.45) is 0 Å². The molecule has 0 fully saturated rings. The number of hydrogen-bond acceptors (Lipinski definition) is 5. The van der Waals surface area contributed by atoms with Crippen LogP contribution in [0.25, 0.3) is 33.5 Å². The molecule has 0 amide bonds. The molecule has 5 nitrogen and oxygen atoms in total. The van der Waals surface area contributed by atoms with Crippen molar-refractivity contribution in [1.82, 2.24) is 9.97 Å². The summed E-state index contributed by atoms with van der Waals surface area (Å²) in [5.41, 5.74) is 14.1. The van der Waals surface area contributed by atoms with Crippen LogP contribution in [0.5, 0.6) is 0 Å². The number of anilines is 1. The number of carbonyl (C=O) groups is 1. The monoisotopic (exact) mass is 417 g/mol. The SMILES string of the molecule is Nc1c(C(=O)c2ccccc2)oc2nc3c(c(-c4ccncc4)c12)CCc1ccccc1-3. The number of rotatable bonds is 3. The smallest absolute Gasteiger partial charge is 0.230 e. The van der Waals surface area contributed by atoms with Gasteiger partial charge in [-0.05, 0) is 41.7 Å². The van der Waals surface area contributed by atoms with Gasteiger partial charge in [-0.15, -0.1) is 0 Å². The van der Waals surface area contributed by atoms with Crippen LogP contribution in [0, 0.1) is 0 Å². The van der Waals surface area contributed by atoms with Crippen molar-refractivity contribution in [3.05, 3.63) is 102 Å². The lowest BCUT2D eigenvalue weighted by atomic mass is 9.84. The summed E-state index contributed by atoms with van der Waals surface area (Å²) in [6.45, 7) is 0. The molecule has 5 aromatic rings. The predicted molar refractivity (Wildman–Crippen MR) is 124 cm³/mol. The summed E-state index contributed by atoms with van der Waals surface area (Å²) in [5.74, 6) is -0.121. The Hall–Kier alpha value is -4.25. The van der Waals surface area contributed by atoms with E-state index >= 15 is 0 Å². The summed E-state index contributed by atoms with van der Waals surface area (Å²) in [7, 11) is 0. The number of pyridine rings is 2. The number of nitrogens with zero attached hydrogens (tertiary/aromatic N) is 2. The van der Waals surface area contributed by atoms with Crippen LogP contribution >= 0.6 is 0 Å². The van der Waals surface area contributed by atoms with Crippen molar-refractivity contribution in [3.63, 3.8) is 0 Å². The minimum Gasteiger partial charge on any atom is -0.432 e. The zero-order chi connectivity index (χ0) is 21.7. The molecule has 154 valence electrons. The predicted octanol–water partition coefficient (Wildman–Crippen LogP) is 5.47. The van der Waals surface area contributed by atoms with Crippen LogP contribution in [0.15, 0.2) is 83.5 Å². The van der Waals surface area contributed by atoms with Gasteiger partial charge >= 0.3 is 0 Å². The molecule has 3 heterocycles. The lowest BCUT2D eigenvalue weighted by Gasteiger charge is -2.22. The topological polar surface area (TPSA) is 82.0 Å². The van der Waals surface area contributed by atoms with Gasteiger partial charge in [-0.2, -0.15) is 0 Å². The van der Waals surface area contributed by atoms with Gasteiger partial charge in [0.1, 0.15) is 0 Å². The number of nitrogen functional groups attached to an aromatic ring is 1. The third kappa shape index (κ3) is 2.75. The highest BCUT2D eigenvalue weighted by Crippen LogP contribution is 2.44. The maximum atomic E-state index is 13.2. The van der Waals surface area contributed by atoms with E-state index in [9.17, 15) is 4.79 Å². The molecule has 1 aliphatic rings. The third-order valence-electron chi connectivity index (χ3n) is 6.11. The first-order chi connectivity index (χ1) is 15.7. The zero-order valence-corrected chi connectivity index (χ0v) is 17.2. The standard InChI is InChI=1S/C27H19N3O2/c28-23-22-21(17-12-14-29-15-13-17)20-11-10-16-6-4-5-9-19(16)24(20)30-27(22)32-26(23)25(31)18-7-2-1-3-8-18/h1-9,12-15H,10-11,28H2. The second-order valence-electron chi connectivity index (χ2n) is 7.93. The fraction of sp³-hybridized carbons (Fsp3) is 0.0741. The average Bonchev–Trinajstić information content (AvgIpc) is 3.19. The number of aryl methyl sites for hydroxylation is 1. The molecule has 0 spiro atoms. The molecule has 0 radical (unpaired) electrons. The normalized spacial score (nSPS) is 12.4. The number of fused-ring (bicyclic) bond motifs is 4. The molecule has 6 rings (SSSR count). The van der Waals surface area contributed by atoms with Gasteiger partial charge in [-0.1, -0.05) is 54.6 Å². The summed E-state index contributed by atoms with van der Waals surface area (Å²) in [5, 5.41) is 0.689. The van der Waals surface area contributed by atoms with Crippen LogP contribution in [-0.2, 0) is 12.8 Å². The Morgan fingerprint density at radius 2 is 1.66 bits per heavy atom. The van der Waals surface area contributed by atoms with Gasteiger partial charge in [0.25, 0.3) is 0 Å². The van der Waals surface area contributed by atoms with E-state index in [0.717, 1.165) is 40.8 Å². The molecule has 1 aliphatic carbocycles. The van der Waals surface area contributed by atoms with Crippen molar-refractivity contribution in [3.8, 4) is 22.4 Å². The number of ketones is 1. The minimum atomic E-state index is -0.250. The lowest BCUT2D eigenvalue weighted by Crippen LogP contribution is -2.08. The van der Waals surface area contributed by atoms with Gasteiger partial charge in [0.05, 0.1) is 16.8 Å². The largest absolute Gasteiger partial charge is 0.432 e. The maximum Gasteiger partial charge on any atom is 0.230 e. The van der Waals surface area contributed by atoms with Crippen LogP contribution in [0.4, 0.5) is 5.69 Å². The molecular formula is C27H19N3O2. The Balaban J connectivity index is 1.68. The number of hydrogen-bond donors (Lipinski definition) is 1. The van der Waals surface area contributed by atoms with Crippen molar-refractivity contribution in [1.29, 1.82) is 0 Å². The summed E-state index contributed by atoms with van der Waals surface area (Å²) >= 11 is 0. The van der Waals surface area contributed by atoms with Crippen molar-refractivity contribution in [2.75, 3.05) is 5.73 Å². The van der Waals surface area contributed by atoms with Gasteiger partial charge in [0, 0.05) is 29.1 Å². The number of benzene rings is 2. The fourth-order valence-electron chi connectivity index (χ4n) is 4.61. The van der Waals surface area contributed by atoms with Gasteiger partial charge in [0.15, 0.2) is 0 Å². The first-order valence-electron chi connectivity index (χ1n) is 10.6. The van der Waals surface area contributed by atoms with Crippen LogP contribution in [0.1, 0.15) is 27.2 Å². The molecule has 3 aromatic heterocycles. The van der Waals surface area contributed by atoms with Gasteiger partial charge in [-0.25, -0.2) is 4.98 Å². The summed E-state index contributed by atoms with van der Waals surface area (Å²) in [4.78, 5) is 22.2. The highest BCUT2D eigenvalue weighted by atomic mass is 16.4. The first-order valence-corrected chi connectivity index (χ1v) is 10.6. The van der Waals surface area contributed by atoms with Crippen LogP contribution in [0.2, 0.25) is 0 Å². The molecule has 2 aromatic carbocycles. The molecule has 5 heteroatoms.